The fourth-order valence-corrected chi connectivity index (χ4v) is 9.39. The Bertz CT molecular complexity index is 1190. The first-order chi connectivity index (χ1) is 35.0. The Morgan fingerprint density at radius 1 is 0.282 bits per heavy atom. The number of allylic oxidation sites excluding steroid dienone is 6. The number of hydrogen-bond donors (Lipinski definition) is 0. The molecule has 0 aromatic heterocycles. The smallest absolute Gasteiger partial charge is 0.306 e. The van der Waals surface area contributed by atoms with Gasteiger partial charge in [-0.1, -0.05) is 301 Å². The highest BCUT2D eigenvalue weighted by molar-refractivity contribution is 5.71. The molecular weight excluding hydrogens is 877 g/mol. The van der Waals surface area contributed by atoms with Crippen LogP contribution in [-0.2, 0) is 28.6 Å². The summed E-state index contributed by atoms with van der Waals surface area (Å²) in [4.78, 5) is 38.1. The van der Waals surface area contributed by atoms with E-state index in [2.05, 4.69) is 57.2 Å². The second-order valence-electron chi connectivity index (χ2n) is 21.3. The van der Waals surface area contributed by atoms with Crippen LogP contribution in [0.5, 0.6) is 0 Å². The topological polar surface area (TPSA) is 78.9 Å². The van der Waals surface area contributed by atoms with Gasteiger partial charge in [-0.3, -0.25) is 14.4 Å². The molecule has 0 heterocycles. The SMILES string of the molecule is CCCCCCC/C=C\C/C=C\C/C=C\CCCCCCCCCCC(=O)OCC(COC(=O)CCCCCCCCCCC)OC(=O)CCCCCCCCCCCCCCCCCCCCCCC. The molecule has 0 N–H and O–H groups in total. The molecule has 0 aliphatic heterocycles. The van der Waals surface area contributed by atoms with E-state index in [1.54, 1.807) is 0 Å². The normalized spacial score (nSPS) is 12.2. The molecule has 0 aromatic rings. The minimum atomic E-state index is -0.771. The third-order valence-electron chi connectivity index (χ3n) is 14.1. The van der Waals surface area contributed by atoms with Gasteiger partial charge in [-0.2, -0.15) is 0 Å². The summed E-state index contributed by atoms with van der Waals surface area (Å²) < 4.78 is 16.9. The van der Waals surface area contributed by atoms with E-state index in [-0.39, 0.29) is 31.1 Å². The van der Waals surface area contributed by atoms with E-state index in [0.717, 1.165) is 77.0 Å². The van der Waals surface area contributed by atoms with Gasteiger partial charge in [0.15, 0.2) is 6.10 Å². The van der Waals surface area contributed by atoms with Crippen LogP contribution < -0.4 is 0 Å². The van der Waals surface area contributed by atoms with Crippen LogP contribution in [0.2, 0.25) is 0 Å². The van der Waals surface area contributed by atoms with Crippen molar-refractivity contribution in [3.63, 3.8) is 0 Å². The van der Waals surface area contributed by atoms with E-state index in [1.807, 2.05) is 0 Å². The molecule has 0 saturated heterocycles. The highest BCUT2D eigenvalue weighted by Crippen LogP contribution is 2.17. The largest absolute Gasteiger partial charge is 0.462 e. The van der Waals surface area contributed by atoms with Crippen molar-refractivity contribution in [2.75, 3.05) is 13.2 Å². The molecule has 0 rings (SSSR count). The third kappa shape index (κ3) is 58.4. The van der Waals surface area contributed by atoms with Crippen molar-refractivity contribution in [2.24, 2.45) is 0 Å². The van der Waals surface area contributed by atoms with Crippen LogP contribution >= 0.6 is 0 Å². The molecule has 1 unspecified atom stereocenters. The molecule has 6 heteroatoms. The molecule has 0 aliphatic rings. The summed E-state index contributed by atoms with van der Waals surface area (Å²) in [7, 11) is 0. The van der Waals surface area contributed by atoms with Gasteiger partial charge >= 0.3 is 17.9 Å². The van der Waals surface area contributed by atoms with E-state index < -0.39 is 6.10 Å². The molecule has 0 aromatic carbocycles. The standard InChI is InChI=1S/C65H120O6/c1-4-7-10-13-16-19-21-23-25-27-29-31-32-34-35-37-39-41-43-46-49-52-55-58-64(67)70-61-62(60-69-63(66)57-54-51-48-45-18-15-12-9-6-3)71-65(68)59-56-53-50-47-44-42-40-38-36-33-30-28-26-24-22-20-17-14-11-8-5-2/h21,23,27,29,32,34,62H,4-20,22,24-26,28,30-31,33,35-61H2,1-3H3/b23-21-,29-27-,34-32-. The van der Waals surface area contributed by atoms with Crippen LogP contribution in [-0.4, -0.2) is 37.2 Å². The second kappa shape index (κ2) is 60.2. The molecule has 0 radical (unpaired) electrons. The van der Waals surface area contributed by atoms with Gasteiger partial charge in [0.05, 0.1) is 0 Å². The zero-order valence-electron chi connectivity index (χ0n) is 47.8. The Morgan fingerprint density at radius 2 is 0.507 bits per heavy atom. The van der Waals surface area contributed by atoms with Crippen LogP contribution in [0.25, 0.3) is 0 Å². The molecule has 0 aliphatic carbocycles. The quantitative estimate of drug-likeness (QED) is 0.0261. The number of esters is 3. The maximum absolute atomic E-state index is 12.9. The summed E-state index contributed by atoms with van der Waals surface area (Å²) in [6.07, 6.45) is 73.0. The summed E-state index contributed by atoms with van der Waals surface area (Å²) in [5.41, 5.74) is 0. The van der Waals surface area contributed by atoms with Crippen LogP contribution in [0.4, 0.5) is 0 Å². The number of hydrogen-bond acceptors (Lipinski definition) is 6. The van der Waals surface area contributed by atoms with Crippen molar-refractivity contribution in [3.8, 4) is 0 Å². The van der Waals surface area contributed by atoms with Gasteiger partial charge in [-0.15, -0.1) is 0 Å². The minimum absolute atomic E-state index is 0.0698. The van der Waals surface area contributed by atoms with Crippen LogP contribution in [0, 0.1) is 0 Å². The molecule has 6 nitrogen and oxygen atoms in total. The van der Waals surface area contributed by atoms with E-state index in [9.17, 15) is 14.4 Å². The van der Waals surface area contributed by atoms with E-state index in [1.165, 1.54) is 225 Å². The molecule has 0 saturated carbocycles. The minimum Gasteiger partial charge on any atom is -0.462 e. The van der Waals surface area contributed by atoms with Crippen LogP contribution in [0.15, 0.2) is 36.5 Å². The number of carbonyl (C=O) groups excluding carboxylic acids is 3. The first-order valence-electron chi connectivity index (χ1n) is 31.5. The molecule has 1 atom stereocenters. The van der Waals surface area contributed by atoms with Crippen molar-refractivity contribution in [1.82, 2.24) is 0 Å². The average molecular weight is 998 g/mol. The van der Waals surface area contributed by atoms with Crippen molar-refractivity contribution >= 4 is 17.9 Å². The van der Waals surface area contributed by atoms with E-state index in [4.69, 9.17) is 14.2 Å². The van der Waals surface area contributed by atoms with Gasteiger partial charge in [0.25, 0.3) is 0 Å². The molecule has 416 valence electrons. The molecular formula is C65H120O6. The lowest BCUT2D eigenvalue weighted by molar-refractivity contribution is -0.167. The Labute approximate surface area is 442 Å². The Balaban J connectivity index is 4.20. The first-order valence-corrected chi connectivity index (χ1v) is 31.5. The summed E-state index contributed by atoms with van der Waals surface area (Å²) in [5.74, 6) is -0.858. The maximum Gasteiger partial charge on any atom is 0.306 e. The third-order valence-corrected chi connectivity index (χ3v) is 14.1. The number of rotatable bonds is 58. The van der Waals surface area contributed by atoms with Gasteiger partial charge in [-0.05, 0) is 57.8 Å². The van der Waals surface area contributed by atoms with Gasteiger partial charge in [0.2, 0.25) is 0 Å². The second-order valence-corrected chi connectivity index (χ2v) is 21.3. The Kier molecular flexibility index (Phi) is 58.2. The van der Waals surface area contributed by atoms with Crippen molar-refractivity contribution in [1.29, 1.82) is 0 Å². The zero-order chi connectivity index (χ0) is 51.4. The lowest BCUT2D eigenvalue weighted by atomic mass is 10.0. The van der Waals surface area contributed by atoms with Crippen molar-refractivity contribution in [2.45, 2.75) is 348 Å². The summed E-state index contributed by atoms with van der Waals surface area (Å²) in [6.45, 7) is 6.66. The summed E-state index contributed by atoms with van der Waals surface area (Å²) in [6, 6.07) is 0. The highest BCUT2D eigenvalue weighted by atomic mass is 16.6. The van der Waals surface area contributed by atoms with Gasteiger partial charge in [-0.25, -0.2) is 0 Å². The fraction of sp³-hybridized carbons (Fsp3) is 0.862. The number of ether oxygens (including phenoxy) is 3. The Morgan fingerprint density at radius 3 is 0.789 bits per heavy atom. The van der Waals surface area contributed by atoms with Crippen molar-refractivity contribution in [3.05, 3.63) is 36.5 Å². The van der Waals surface area contributed by atoms with Crippen molar-refractivity contribution < 1.29 is 28.6 Å². The Hall–Kier alpha value is -2.37. The molecule has 71 heavy (non-hydrogen) atoms. The van der Waals surface area contributed by atoms with Crippen LogP contribution in [0.1, 0.15) is 342 Å². The first kappa shape index (κ1) is 68.6. The predicted octanol–water partition coefficient (Wildman–Crippen LogP) is 21.2. The van der Waals surface area contributed by atoms with E-state index >= 15 is 0 Å². The van der Waals surface area contributed by atoms with E-state index in [0.29, 0.717) is 19.3 Å². The summed E-state index contributed by atoms with van der Waals surface area (Å²) >= 11 is 0. The van der Waals surface area contributed by atoms with Gasteiger partial charge in [0, 0.05) is 19.3 Å². The van der Waals surface area contributed by atoms with Gasteiger partial charge < -0.3 is 14.2 Å². The molecule has 0 bridgehead atoms. The fourth-order valence-electron chi connectivity index (χ4n) is 9.39. The summed E-state index contributed by atoms with van der Waals surface area (Å²) in [5, 5.41) is 0. The lowest BCUT2D eigenvalue weighted by Gasteiger charge is -2.18. The number of carbonyl (C=O) groups is 3. The average Bonchev–Trinajstić information content (AvgIpc) is 3.37. The van der Waals surface area contributed by atoms with Crippen LogP contribution in [0.3, 0.4) is 0 Å². The molecule has 0 amide bonds. The molecule has 0 spiro atoms. The predicted molar refractivity (Wildman–Crippen MR) is 307 cm³/mol. The zero-order valence-corrected chi connectivity index (χ0v) is 47.8. The monoisotopic (exact) mass is 997 g/mol. The maximum atomic E-state index is 12.9. The number of unbranched alkanes of at least 4 members (excludes halogenated alkanes) is 41. The van der Waals surface area contributed by atoms with Gasteiger partial charge in [0.1, 0.15) is 13.2 Å². The lowest BCUT2D eigenvalue weighted by Crippen LogP contribution is -2.30. The molecule has 0 fully saturated rings. The highest BCUT2D eigenvalue weighted by Gasteiger charge is 2.19.